The second-order valence-corrected chi connectivity index (χ2v) is 8.34. The minimum atomic E-state index is -1.40. The van der Waals surface area contributed by atoms with Crippen molar-refractivity contribution in [2.24, 2.45) is 5.92 Å². The van der Waals surface area contributed by atoms with Crippen LogP contribution in [0.5, 0.6) is 0 Å². The zero-order chi connectivity index (χ0) is 21.9. The highest BCUT2D eigenvalue weighted by Crippen LogP contribution is 2.53. The van der Waals surface area contributed by atoms with Crippen LogP contribution in [0.1, 0.15) is 31.8 Å². The predicted octanol–water partition coefficient (Wildman–Crippen LogP) is 3.71. The van der Waals surface area contributed by atoms with Crippen LogP contribution in [-0.2, 0) is 10.2 Å². The van der Waals surface area contributed by atoms with Gasteiger partial charge in [0.15, 0.2) is 11.6 Å². The molecule has 1 aliphatic heterocycles. The summed E-state index contributed by atoms with van der Waals surface area (Å²) in [5.41, 5.74) is 2.42. The number of carbonyl (C=O) groups excluding carboxylic acids is 3. The number of anilines is 2. The molecule has 154 valence electrons. The second kappa shape index (κ2) is 6.64. The average molecular weight is 410 g/mol. The van der Waals surface area contributed by atoms with E-state index in [2.05, 4.69) is 0 Å². The fourth-order valence-electron chi connectivity index (χ4n) is 5.07. The number of fused-ring (bicyclic) bond motifs is 2. The number of ketones is 2. The van der Waals surface area contributed by atoms with Crippen LogP contribution in [0.25, 0.3) is 0 Å². The summed E-state index contributed by atoms with van der Waals surface area (Å²) in [6, 6.07) is 21.9. The van der Waals surface area contributed by atoms with Crippen LogP contribution in [-0.4, -0.2) is 38.6 Å². The number of carbonyl (C=O) groups is 3. The Bertz CT molecular complexity index is 1210. The van der Waals surface area contributed by atoms with Gasteiger partial charge in [-0.05, 0) is 29.3 Å². The van der Waals surface area contributed by atoms with Gasteiger partial charge < -0.3 is 9.80 Å². The van der Waals surface area contributed by atoms with Crippen LogP contribution in [0.3, 0.4) is 0 Å². The lowest BCUT2D eigenvalue weighted by molar-refractivity contribution is -0.122. The van der Waals surface area contributed by atoms with Gasteiger partial charge >= 0.3 is 0 Å². The van der Waals surface area contributed by atoms with Crippen molar-refractivity contribution in [1.82, 2.24) is 0 Å². The molecule has 0 saturated heterocycles. The molecular formula is C26H22N2O3. The standard InChI is InChI=1S/C26H22N2O3/c1-27(2)17-14-12-16(13-15-17)26(20-10-6-7-11-21(20)28(3)25(26)31)22-23(29)18-8-4-5-9-19(18)24(22)30/h4-15,22H,1-3H3. The second-order valence-electron chi connectivity index (χ2n) is 8.34. The zero-order valence-electron chi connectivity index (χ0n) is 17.6. The van der Waals surface area contributed by atoms with Crippen LogP contribution in [0.4, 0.5) is 11.4 Å². The van der Waals surface area contributed by atoms with E-state index in [1.54, 1.807) is 36.2 Å². The summed E-state index contributed by atoms with van der Waals surface area (Å²) in [7, 11) is 5.58. The predicted molar refractivity (Wildman–Crippen MR) is 120 cm³/mol. The Labute approximate surface area is 180 Å². The number of likely N-dealkylation sites (N-methyl/N-ethyl adjacent to an activating group) is 1. The van der Waals surface area contributed by atoms with Gasteiger partial charge in [0.25, 0.3) is 0 Å². The Balaban J connectivity index is 1.81. The van der Waals surface area contributed by atoms with E-state index in [1.807, 2.05) is 67.5 Å². The first-order chi connectivity index (χ1) is 14.9. The molecule has 0 N–H and O–H groups in total. The van der Waals surface area contributed by atoms with Crippen molar-refractivity contribution in [3.05, 3.63) is 95.1 Å². The van der Waals surface area contributed by atoms with E-state index in [0.29, 0.717) is 22.3 Å². The molecule has 1 amide bonds. The van der Waals surface area contributed by atoms with Gasteiger partial charge in [-0.15, -0.1) is 0 Å². The van der Waals surface area contributed by atoms with Crippen LogP contribution in [0, 0.1) is 5.92 Å². The molecular weight excluding hydrogens is 388 g/mol. The van der Waals surface area contributed by atoms with Gasteiger partial charge in [0.1, 0.15) is 11.3 Å². The Morgan fingerprint density at radius 2 is 1.32 bits per heavy atom. The highest BCUT2D eigenvalue weighted by Gasteiger charge is 2.62. The lowest BCUT2D eigenvalue weighted by atomic mass is 9.64. The Kier molecular flexibility index (Phi) is 4.12. The van der Waals surface area contributed by atoms with Crippen molar-refractivity contribution in [2.45, 2.75) is 5.41 Å². The van der Waals surface area contributed by atoms with Gasteiger partial charge in [-0.25, -0.2) is 0 Å². The summed E-state index contributed by atoms with van der Waals surface area (Å²) in [6.45, 7) is 0. The number of hydrogen-bond acceptors (Lipinski definition) is 4. The van der Waals surface area contributed by atoms with Crippen LogP contribution < -0.4 is 9.80 Å². The number of rotatable bonds is 3. The first-order valence-electron chi connectivity index (χ1n) is 10.2. The fourth-order valence-corrected chi connectivity index (χ4v) is 5.07. The van der Waals surface area contributed by atoms with Gasteiger partial charge in [-0.3, -0.25) is 14.4 Å². The summed E-state index contributed by atoms with van der Waals surface area (Å²) in [5.74, 6) is -1.98. The van der Waals surface area contributed by atoms with Crippen LogP contribution >= 0.6 is 0 Å². The lowest BCUT2D eigenvalue weighted by Gasteiger charge is -2.33. The molecule has 5 heteroatoms. The van der Waals surface area contributed by atoms with E-state index in [0.717, 1.165) is 11.4 Å². The molecule has 1 atom stereocenters. The number of amides is 1. The monoisotopic (exact) mass is 410 g/mol. The molecule has 1 heterocycles. The summed E-state index contributed by atoms with van der Waals surface area (Å²) in [6.07, 6.45) is 0. The normalized spacial score (nSPS) is 20.2. The molecule has 0 radical (unpaired) electrons. The molecule has 31 heavy (non-hydrogen) atoms. The SMILES string of the molecule is CN(C)c1ccc(C2(C3C(=O)c4ccccc4C3=O)C(=O)N(C)c3ccccc32)cc1. The minimum Gasteiger partial charge on any atom is -0.378 e. The number of nitrogens with zero attached hydrogens (tertiary/aromatic N) is 2. The molecule has 1 unspecified atom stereocenters. The van der Waals surface area contributed by atoms with Crippen molar-refractivity contribution in [3.8, 4) is 0 Å². The van der Waals surface area contributed by atoms with E-state index >= 15 is 0 Å². The molecule has 0 aromatic heterocycles. The molecule has 5 rings (SSSR count). The van der Waals surface area contributed by atoms with Crippen molar-refractivity contribution in [2.75, 3.05) is 30.9 Å². The largest absolute Gasteiger partial charge is 0.378 e. The molecule has 2 aliphatic rings. The number of benzene rings is 3. The molecule has 1 aliphatic carbocycles. The van der Waals surface area contributed by atoms with Gasteiger partial charge in [0.2, 0.25) is 5.91 Å². The van der Waals surface area contributed by atoms with E-state index < -0.39 is 11.3 Å². The van der Waals surface area contributed by atoms with Crippen molar-refractivity contribution in [1.29, 1.82) is 0 Å². The third-order valence-electron chi connectivity index (χ3n) is 6.59. The molecule has 3 aromatic carbocycles. The first-order valence-corrected chi connectivity index (χ1v) is 10.2. The molecule has 0 bridgehead atoms. The summed E-state index contributed by atoms with van der Waals surface area (Å²) in [5, 5.41) is 0. The highest BCUT2D eigenvalue weighted by atomic mass is 16.2. The Hall–Kier alpha value is -3.73. The summed E-state index contributed by atoms with van der Waals surface area (Å²) < 4.78 is 0. The summed E-state index contributed by atoms with van der Waals surface area (Å²) >= 11 is 0. The molecule has 0 spiro atoms. The van der Waals surface area contributed by atoms with Gasteiger partial charge in [0, 0.05) is 43.6 Å². The topological polar surface area (TPSA) is 57.7 Å². The van der Waals surface area contributed by atoms with Gasteiger partial charge in [-0.2, -0.15) is 0 Å². The smallest absolute Gasteiger partial charge is 0.243 e. The average Bonchev–Trinajstić information content (AvgIpc) is 3.17. The van der Waals surface area contributed by atoms with E-state index in [4.69, 9.17) is 0 Å². The third kappa shape index (κ3) is 2.40. The number of para-hydroxylation sites is 1. The van der Waals surface area contributed by atoms with E-state index in [1.165, 1.54) is 0 Å². The maximum Gasteiger partial charge on any atom is 0.243 e. The molecule has 0 fully saturated rings. The zero-order valence-corrected chi connectivity index (χ0v) is 17.6. The number of Topliss-reactive ketones (excluding diaryl/α,β-unsaturated/α-hetero) is 2. The van der Waals surface area contributed by atoms with Gasteiger partial charge in [-0.1, -0.05) is 54.6 Å². The molecule has 0 saturated carbocycles. The van der Waals surface area contributed by atoms with Crippen molar-refractivity contribution < 1.29 is 14.4 Å². The van der Waals surface area contributed by atoms with Crippen molar-refractivity contribution >= 4 is 28.8 Å². The minimum absolute atomic E-state index is 0.259. The quantitative estimate of drug-likeness (QED) is 0.618. The van der Waals surface area contributed by atoms with Crippen LogP contribution in [0.15, 0.2) is 72.8 Å². The molecule has 5 nitrogen and oxygen atoms in total. The maximum absolute atomic E-state index is 13.9. The first kappa shape index (κ1) is 19.2. The van der Waals surface area contributed by atoms with Gasteiger partial charge in [0.05, 0.1) is 0 Å². The third-order valence-corrected chi connectivity index (χ3v) is 6.59. The van der Waals surface area contributed by atoms with E-state index in [9.17, 15) is 14.4 Å². The Morgan fingerprint density at radius 3 is 1.90 bits per heavy atom. The van der Waals surface area contributed by atoms with E-state index in [-0.39, 0.29) is 17.5 Å². The maximum atomic E-state index is 13.9. The number of hydrogen-bond donors (Lipinski definition) is 0. The molecule has 3 aromatic rings. The van der Waals surface area contributed by atoms with Crippen LogP contribution in [0.2, 0.25) is 0 Å². The van der Waals surface area contributed by atoms with Crippen molar-refractivity contribution in [3.63, 3.8) is 0 Å². The summed E-state index contributed by atoms with van der Waals surface area (Å²) in [4.78, 5) is 44.7. The lowest BCUT2D eigenvalue weighted by Crippen LogP contribution is -2.49. The Morgan fingerprint density at radius 1 is 0.774 bits per heavy atom. The highest BCUT2D eigenvalue weighted by molar-refractivity contribution is 6.31. The fraction of sp³-hybridized carbons (Fsp3) is 0.192.